The zero-order chi connectivity index (χ0) is 11.3. The number of Topliss-reactive ketones (excluding diaryl/α,β-unsaturated/α-hetero) is 1. The zero-order valence-electron chi connectivity index (χ0n) is 9.03. The third-order valence-electron chi connectivity index (χ3n) is 2.40. The van der Waals surface area contributed by atoms with Gasteiger partial charge in [-0.2, -0.15) is 5.26 Å². The van der Waals surface area contributed by atoms with Crippen molar-refractivity contribution in [2.24, 2.45) is 5.92 Å². The zero-order valence-corrected chi connectivity index (χ0v) is 9.03. The quantitative estimate of drug-likeness (QED) is 0.705. The van der Waals surface area contributed by atoms with Gasteiger partial charge >= 0.3 is 0 Å². The van der Waals surface area contributed by atoms with Gasteiger partial charge in [-0.1, -0.05) is 6.92 Å². The monoisotopic (exact) mass is 202 g/mol. The number of ketones is 1. The van der Waals surface area contributed by atoms with Crippen LogP contribution in [-0.4, -0.2) is 10.8 Å². The van der Waals surface area contributed by atoms with Gasteiger partial charge in [0.25, 0.3) is 0 Å². The van der Waals surface area contributed by atoms with Gasteiger partial charge in [0.15, 0.2) is 5.78 Å². The molecule has 1 unspecified atom stereocenters. The van der Waals surface area contributed by atoms with Crippen LogP contribution >= 0.6 is 0 Å². The molecule has 0 saturated carbocycles. The van der Waals surface area contributed by atoms with E-state index < -0.39 is 0 Å². The van der Waals surface area contributed by atoms with Crippen LogP contribution in [-0.2, 0) is 0 Å². The summed E-state index contributed by atoms with van der Waals surface area (Å²) in [5.74, 6) is -0.175. The molecule has 15 heavy (non-hydrogen) atoms. The maximum absolute atomic E-state index is 11.9. The highest BCUT2D eigenvalue weighted by Crippen LogP contribution is 2.15. The molecule has 1 aromatic rings. The number of nitrogens with zero attached hydrogens (tertiary/aromatic N) is 2. The second-order valence-corrected chi connectivity index (χ2v) is 3.52. The van der Waals surface area contributed by atoms with Crippen molar-refractivity contribution in [3.8, 4) is 6.07 Å². The van der Waals surface area contributed by atoms with Crippen molar-refractivity contribution in [2.45, 2.75) is 26.7 Å². The number of hydrogen-bond donors (Lipinski definition) is 0. The maximum atomic E-state index is 11.9. The molecule has 1 aromatic heterocycles. The number of aryl methyl sites for hydroxylation is 1. The molecule has 0 aromatic carbocycles. The summed E-state index contributed by atoms with van der Waals surface area (Å²) < 4.78 is 0. The number of pyridine rings is 1. The Kier molecular flexibility index (Phi) is 3.99. The lowest BCUT2D eigenvalue weighted by Crippen LogP contribution is -2.13. The first-order valence-electron chi connectivity index (χ1n) is 5.02. The molecule has 3 heteroatoms. The first-order valence-corrected chi connectivity index (χ1v) is 5.02. The Morgan fingerprint density at radius 2 is 2.33 bits per heavy atom. The molecule has 1 rings (SSSR count). The van der Waals surface area contributed by atoms with Crippen LogP contribution < -0.4 is 0 Å². The second kappa shape index (κ2) is 5.26. The summed E-state index contributed by atoms with van der Waals surface area (Å²) in [6, 6.07) is 5.62. The van der Waals surface area contributed by atoms with Gasteiger partial charge in [0.2, 0.25) is 0 Å². The molecule has 0 N–H and O–H groups in total. The minimum Gasteiger partial charge on any atom is -0.294 e. The molecule has 0 fully saturated rings. The van der Waals surface area contributed by atoms with E-state index in [0.717, 1.165) is 5.69 Å². The summed E-state index contributed by atoms with van der Waals surface area (Å²) in [7, 11) is 0. The molecule has 0 spiro atoms. The number of nitriles is 1. The van der Waals surface area contributed by atoms with Crippen molar-refractivity contribution < 1.29 is 4.79 Å². The summed E-state index contributed by atoms with van der Waals surface area (Å²) in [6.45, 7) is 3.79. The van der Waals surface area contributed by atoms with Crippen LogP contribution in [0.25, 0.3) is 0 Å². The topological polar surface area (TPSA) is 53.8 Å². The van der Waals surface area contributed by atoms with E-state index >= 15 is 0 Å². The highest BCUT2D eigenvalue weighted by Gasteiger charge is 2.17. The summed E-state index contributed by atoms with van der Waals surface area (Å²) in [5, 5.41) is 8.59. The van der Waals surface area contributed by atoms with E-state index in [4.69, 9.17) is 5.26 Å². The lowest BCUT2D eigenvalue weighted by molar-refractivity contribution is 0.0918. The minimum absolute atomic E-state index is 0.0200. The molecule has 0 aliphatic carbocycles. The lowest BCUT2D eigenvalue weighted by Gasteiger charge is -2.09. The third-order valence-corrected chi connectivity index (χ3v) is 2.40. The van der Waals surface area contributed by atoms with Crippen LogP contribution in [0.5, 0.6) is 0 Å². The predicted octanol–water partition coefficient (Wildman–Crippen LogP) is 2.51. The van der Waals surface area contributed by atoms with Crippen LogP contribution in [0.15, 0.2) is 18.3 Å². The van der Waals surface area contributed by atoms with Crippen LogP contribution in [0.3, 0.4) is 0 Å². The molecular weight excluding hydrogens is 188 g/mol. The Labute approximate surface area is 89.8 Å². The Bertz CT molecular complexity index is 376. The number of rotatable bonds is 4. The predicted molar refractivity (Wildman–Crippen MR) is 57.3 cm³/mol. The van der Waals surface area contributed by atoms with Gasteiger partial charge in [-0.25, -0.2) is 0 Å². The van der Waals surface area contributed by atoms with Crippen molar-refractivity contribution in [3.63, 3.8) is 0 Å². The Balaban J connectivity index is 2.84. The van der Waals surface area contributed by atoms with Gasteiger partial charge < -0.3 is 0 Å². The van der Waals surface area contributed by atoms with Gasteiger partial charge in [0.1, 0.15) is 0 Å². The van der Waals surface area contributed by atoms with Gasteiger partial charge in [-0.15, -0.1) is 0 Å². The molecular formula is C12H14N2O. The molecule has 1 atom stereocenters. The van der Waals surface area contributed by atoms with Crippen molar-refractivity contribution in [3.05, 3.63) is 29.6 Å². The first-order chi connectivity index (χ1) is 7.19. The summed E-state index contributed by atoms with van der Waals surface area (Å²) in [5.41, 5.74) is 1.49. The molecule has 78 valence electrons. The van der Waals surface area contributed by atoms with Crippen molar-refractivity contribution in [2.75, 3.05) is 0 Å². The van der Waals surface area contributed by atoms with Gasteiger partial charge in [0.05, 0.1) is 6.07 Å². The van der Waals surface area contributed by atoms with Crippen LogP contribution in [0.4, 0.5) is 0 Å². The normalized spacial score (nSPS) is 11.8. The standard InChI is InChI=1S/C12H14N2O/c1-3-10(6-7-13)12(15)11-5-4-9(2)14-8-11/h4-5,8,10H,3,6H2,1-2H3. The average molecular weight is 202 g/mol. The summed E-state index contributed by atoms with van der Waals surface area (Å²) in [4.78, 5) is 16.0. The number of carbonyl (C=O) groups is 1. The average Bonchev–Trinajstić information content (AvgIpc) is 2.26. The Morgan fingerprint density at radius 3 is 2.80 bits per heavy atom. The van der Waals surface area contributed by atoms with E-state index in [0.29, 0.717) is 12.0 Å². The lowest BCUT2D eigenvalue weighted by atomic mass is 9.94. The minimum atomic E-state index is -0.195. The second-order valence-electron chi connectivity index (χ2n) is 3.52. The maximum Gasteiger partial charge on any atom is 0.168 e. The number of aromatic nitrogens is 1. The fraction of sp³-hybridized carbons (Fsp3) is 0.417. The van der Waals surface area contributed by atoms with Crippen LogP contribution in [0, 0.1) is 24.2 Å². The summed E-state index contributed by atoms with van der Waals surface area (Å²) >= 11 is 0. The smallest absolute Gasteiger partial charge is 0.168 e. The molecule has 0 bridgehead atoms. The largest absolute Gasteiger partial charge is 0.294 e. The number of carbonyl (C=O) groups excluding carboxylic acids is 1. The molecule has 0 radical (unpaired) electrons. The molecule has 1 heterocycles. The SMILES string of the molecule is CCC(CC#N)C(=O)c1ccc(C)nc1. The Hall–Kier alpha value is -1.69. The fourth-order valence-electron chi connectivity index (χ4n) is 1.38. The van der Waals surface area contributed by atoms with Gasteiger partial charge in [-0.05, 0) is 25.5 Å². The number of hydrogen-bond acceptors (Lipinski definition) is 3. The van der Waals surface area contributed by atoms with Crippen molar-refractivity contribution in [1.29, 1.82) is 5.26 Å². The van der Waals surface area contributed by atoms with Crippen molar-refractivity contribution >= 4 is 5.78 Å². The highest BCUT2D eigenvalue weighted by molar-refractivity contribution is 5.97. The molecule has 0 aliphatic heterocycles. The molecule has 0 saturated heterocycles. The molecule has 3 nitrogen and oxygen atoms in total. The van der Waals surface area contributed by atoms with E-state index in [9.17, 15) is 4.79 Å². The van der Waals surface area contributed by atoms with Gasteiger partial charge in [0, 0.05) is 29.8 Å². The summed E-state index contributed by atoms with van der Waals surface area (Å²) in [6.07, 6.45) is 2.56. The molecule has 0 amide bonds. The van der Waals surface area contributed by atoms with E-state index in [-0.39, 0.29) is 18.1 Å². The van der Waals surface area contributed by atoms with E-state index in [1.165, 1.54) is 0 Å². The molecule has 0 aliphatic rings. The van der Waals surface area contributed by atoms with Crippen LogP contribution in [0.2, 0.25) is 0 Å². The van der Waals surface area contributed by atoms with E-state index in [1.807, 2.05) is 26.0 Å². The fourth-order valence-corrected chi connectivity index (χ4v) is 1.38. The van der Waals surface area contributed by atoms with Gasteiger partial charge in [-0.3, -0.25) is 9.78 Å². The Morgan fingerprint density at radius 1 is 1.60 bits per heavy atom. The van der Waals surface area contributed by atoms with E-state index in [1.54, 1.807) is 12.3 Å². The highest BCUT2D eigenvalue weighted by atomic mass is 16.1. The first kappa shape index (κ1) is 11.4. The third kappa shape index (κ3) is 2.88. The van der Waals surface area contributed by atoms with Crippen LogP contribution in [0.1, 0.15) is 35.8 Å². The van der Waals surface area contributed by atoms with E-state index in [2.05, 4.69) is 4.98 Å². The van der Waals surface area contributed by atoms with Crippen molar-refractivity contribution in [1.82, 2.24) is 4.98 Å².